The van der Waals surface area contributed by atoms with Gasteiger partial charge in [0, 0.05) is 37.9 Å². The molecule has 0 spiro atoms. The second-order valence-corrected chi connectivity index (χ2v) is 8.03. The lowest BCUT2D eigenvalue weighted by molar-refractivity contribution is -0.121. The molecular weight excluding hydrogens is 445 g/mol. The number of anilines is 1. The molecule has 2 aromatic carbocycles. The van der Waals surface area contributed by atoms with E-state index in [-0.39, 0.29) is 11.8 Å². The molecular formula is C25H27Cl2N3O2. The number of benzene rings is 2. The summed E-state index contributed by atoms with van der Waals surface area (Å²) in [5.41, 5.74) is 5.98. The molecule has 1 atom stereocenters. The molecule has 0 radical (unpaired) electrons. The number of allylic oxidation sites excluding steroid dienone is 3. The van der Waals surface area contributed by atoms with E-state index >= 15 is 0 Å². The van der Waals surface area contributed by atoms with E-state index in [0.29, 0.717) is 16.3 Å². The molecule has 168 valence electrons. The summed E-state index contributed by atoms with van der Waals surface area (Å²) in [5, 5.41) is 0.487. The molecule has 3 rings (SSSR count). The number of aliphatic imine (C=N–C) groups is 1. The lowest BCUT2D eigenvalue weighted by atomic mass is 10.1. The first-order valence-corrected chi connectivity index (χ1v) is 10.8. The van der Waals surface area contributed by atoms with E-state index in [4.69, 9.17) is 23.2 Å². The fraction of sp³-hybridized carbons (Fsp3) is 0.240. The summed E-state index contributed by atoms with van der Waals surface area (Å²) in [6, 6.07) is 12.8. The summed E-state index contributed by atoms with van der Waals surface area (Å²) in [5.74, 6) is -0.297. The largest absolute Gasteiger partial charge is 0.330 e. The zero-order valence-corrected chi connectivity index (χ0v) is 20.4. The average Bonchev–Trinajstić information content (AvgIpc) is 2.84. The number of nitrogens with zero attached hydrogens (tertiary/aromatic N) is 3. The van der Waals surface area contributed by atoms with Crippen molar-refractivity contribution in [3.63, 3.8) is 0 Å². The van der Waals surface area contributed by atoms with Gasteiger partial charge in [-0.3, -0.25) is 14.6 Å². The van der Waals surface area contributed by atoms with E-state index in [1.807, 2.05) is 12.3 Å². The summed E-state index contributed by atoms with van der Waals surface area (Å²) in [4.78, 5) is 31.2. The molecule has 1 unspecified atom stereocenters. The normalized spacial score (nSPS) is 16.8. The first-order chi connectivity index (χ1) is 15.2. The molecule has 1 heterocycles. The molecule has 0 saturated heterocycles. The van der Waals surface area contributed by atoms with Gasteiger partial charge in [0.2, 0.25) is 5.91 Å². The standard InChI is InChI=1S/C13H14ClN.C12H13ClN2O2/c1-11-5-7-12(8-6-11)13(10-15-2)4-3-9-14;1-7-11(16)15(3)10-5-4-8(13)6-9(10)12(17)14(7)2/h3-10H,1-2H3;4-7H,1-3H3/b9-3+,13-4+,15-10?;. The molecule has 2 aromatic rings. The van der Waals surface area contributed by atoms with Gasteiger partial charge in [-0.2, -0.15) is 0 Å². The first-order valence-electron chi connectivity index (χ1n) is 10.0. The van der Waals surface area contributed by atoms with E-state index in [0.717, 1.165) is 11.1 Å². The lowest BCUT2D eigenvalue weighted by Crippen LogP contribution is -2.43. The Hall–Kier alpha value is -2.89. The van der Waals surface area contributed by atoms with Gasteiger partial charge in [0.15, 0.2) is 0 Å². The fourth-order valence-corrected chi connectivity index (χ4v) is 3.39. The summed E-state index contributed by atoms with van der Waals surface area (Å²) in [6.07, 6.45) is 5.55. The number of rotatable bonds is 3. The van der Waals surface area contributed by atoms with Crippen LogP contribution in [0, 0.1) is 6.92 Å². The highest BCUT2D eigenvalue weighted by Crippen LogP contribution is 2.28. The molecule has 5 nitrogen and oxygen atoms in total. The third-order valence-electron chi connectivity index (χ3n) is 5.14. The summed E-state index contributed by atoms with van der Waals surface area (Å²) in [7, 11) is 5.04. The van der Waals surface area contributed by atoms with E-state index in [9.17, 15) is 9.59 Å². The van der Waals surface area contributed by atoms with Crippen molar-refractivity contribution < 1.29 is 9.59 Å². The van der Waals surface area contributed by atoms with Crippen LogP contribution in [0.3, 0.4) is 0 Å². The third kappa shape index (κ3) is 6.09. The Balaban J connectivity index is 0.000000229. The Labute approximate surface area is 199 Å². The predicted molar refractivity (Wildman–Crippen MR) is 135 cm³/mol. The van der Waals surface area contributed by atoms with Gasteiger partial charge in [-0.25, -0.2) is 0 Å². The quantitative estimate of drug-likeness (QED) is 0.431. The Morgan fingerprint density at radius 2 is 1.75 bits per heavy atom. The van der Waals surface area contributed by atoms with Crippen LogP contribution in [0.2, 0.25) is 5.02 Å². The van der Waals surface area contributed by atoms with Crippen LogP contribution in [-0.4, -0.2) is 50.1 Å². The van der Waals surface area contributed by atoms with Crippen molar-refractivity contribution >= 4 is 52.5 Å². The van der Waals surface area contributed by atoms with Gasteiger partial charge < -0.3 is 9.80 Å². The molecule has 0 bridgehead atoms. The monoisotopic (exact) mass is 471 g/mol. The fourth-order valence-electron chi connectivity index (χ4n) is 3.14. The zero-order valence-electron chi connectivity index (χ0n) is 18.8. The first kappa shape index (κ1) is 25.4. The number of hydrogen-bond donors (Lipinski definition) is 0. The molecule has 0 aliphatic carbocycles. The number of amides is 2. The Morgan fingerprint density at radius 1 is 1.09 bits per heavy atom. The second-order valence-electron chi connectivity index (χ2n) is 7.34. The van der Waals surface area contributed by atoms with Crippen molar-refractivity contribution in [2.24, 2.45) is 4.99 Å². The topological polar surface area (TPSA) is 53.0 Å². The van der Waals surface area contributed by atoms with Crippen molar-refractivity contribution in [1.29, 1.82) is 0 Å². The van der Waals surface area contributed by atoms with Crippen LogP contribution in [0.5, 0.6) is 0 Å². The van der Waals surface area contributed by atoms with Gasteiger partial charge in [-0.1, -0.05) is 65.2 Å². The minimum atomic E-state index is -0.473. The second kappa shape index (κ2) is 11.7. The van der Waals surface area contributed by atoms with Crippen molar-refractivity contribution in [3.8, 4) is 0 Å². The van der Waals surface area contributed by atoms with Gasteiger partial charge >= 0.3 is 0 Å². The SMILES string of the molecule is CC1C(=O)N(C)c2ccc(Cl)cc2C(=O)N1C.CN=C/C(=C\C=C\Cl)c1ccc(C)cc1. The highest BCUT2D eigenvalue weighted by molar-refractivity contribution is 6.31. The summed E-state index contributed by atoms with van der Waals surface area (Å²) in [6.45, 7) is 3.78. The maximum atomic E-state index is 12.2. The van der Waals surface area contributed by atoms with Crippen molar-refractivity contribution in [1.82, 2.24) is 4.90 Å². The van der Waals surface area contributed by atoms with Crippen LogP contribution in [0.1, 0.15) is 28.4 Å². The number of halogens is 2. The maximum absolute atomic E-state index is 12.2. The number of likely N-dealkylation sites (N-methyl/N-ethyl adjacent to an activating group) is 2. The summed E-state index contributed by atoms with van der Waals surface area (Å²) < 4.78 is 0. The van der Waals surface area contributed by atoms with Crippen molar-refractivity contribution in [3.05, 3.63) is 81.9 Å². The van der Waals surface area contributed by atoms with Crippen LogP contribution in [0.15, 0.2) is 65.1 Å². The highest BCUT2D eigenvalue weighted by atomic mass is 35.5. The third-order valence-corrected chi connectivity index (χ3v) is 5.52. The minimum Gasteiger partial charge on any atom is -0.330 e. The average molecular weight is 472 g/mol. The number of fused-ring (bicyclic) bond motifs is 1. The Bertz CT molecular complexity index is 1060. The highest BCUT2D eigenvalue weighted by Gasteiger charge is 2.33. The zero-order chi connectivity index (χ0) is 23.8. The number of carbonyl (C=O) groups is 2. The molecule has 0 aromatic heterocycles. The molecule has 0 saturated carbocycles. The molecule has 1 aliphatic rings. The van der Waals surface area contributed by atoms with Crippen molar-refractivity contribution in [2.45, 2.75) is 19.9 Å². The van der Waals surface area contributed by atoms with E-state index in [2.05, 4.69) is 36.2 Å². The molecule has 32 heavy (non-hydrogen) atoms. The van der Waals surface area contributed by atoms with E-state index in [1.54, 1.807) is 52.3 Å². The molecule has 1 aliphatic heterocycles. The predicted octanol–water partition coefficient (Wildman–Crippen LogP) is 5.61. The Morgan fingerprint density at radius 3 is 2.34 bits per heavy atom. The van der Waals surface area contributed by atoms with Crippen LogP contribution < -0.4 is 4.90 Å². The summed E-state index contributed by atoms with van der Waals surface area (Å²) >= 11 is 11.4. The molecule has 7 heteroatoms. The molecule has 0 N–H and O–H groups in total. The maximum Gasteiger partial charge on any atom is 0.256 e. The van der Waals surface area contributed by atoms with Crippen molar-refractivity contribution in [2.75, 3.05) is 26.0 Å². The van der Waals surface area contributed by atoms with Gasteiger partial charge in [-0.05, 0) is 43.2 Å². The van der Waals surface area contributed by atoms with Gasteiger partial charge in [0.25, 0.3) is 5.91 Å². The number of carbonyl (C=O) groups excluding carboxylic acids is 2. The van der Waals surface area contributed by atoms with Crippen LogP contribution in [0.4, 0.5) is 5.69 Å². The van der Waals surface area contributed by atoms with Gasteiger partial charge in [-0.15, -0.1) is 0 Å². The van der Waals surface area contributed by atoms with E-state index < -0.39 is 6.04 Å². The number of hydrogen-bond acceptors (Lipinski definition) is 3. The molecule has 0 fully saturated rings. The number of aryl methyl sites for hydroxylation is 1. The minimum absolute atomic E-state index is 0.109. The van der Waals surface area contributed by atoms with Crippen LogP contribution in [0.25, 0.3) is 5.57 Å². The van der Waals surface area contributed by atoms with Gasteiger partial charge in [0.1, 0.15) is 6.04 Å². The smallest absolute Gasteiger partial charge is 0.256 e. The van der Waals surface area contributed by atoms with Crippen LogP contribution in [-0.2, 0) is 4.79 Å². The van der Waals surface area contributed by atoms with Gasteiger partial charge in [0.05, 0.1) is 11.3 Å². The molecule has 2 amide bonds. The van der Waals surface area contributed by atoms with E-state index in [1.165, 1.54) is 20.9 Å². The van der Waals surface area contributed by atoms with Crippen LogP contribution >= 0.6 is 23.2 Å². The lowest BCUT2D eigenvalue weighted by Gasteiger charge is -2.22. The Kier molecular flexibility index (Phi) is 9.24.